The van der Waals surface area contributed by atoms with Crippen LogP contribution in [0.1, 0.15) is 11.7 Å². The summed E-state index contributed by atoms with van der Waals surface area (Å²) in [6.07, 6.45) is -1.21. The maximum absolute atomic E-state index is 12.7. The second-order valence-corrected chi connectivity index (χ2v) is 7.55. The van der Waals surface area contributed by atoms with Gasteiger partial charge in [0.1, 0.15) is 22.8 Å². The summed E-state index contributed by atoms with van der Waals surface area (Å²) >= 11 is 0. The van der Waals surface area contributed by atoms with Crippen molar-refractivity contribution >= 4 is 21.7 Å². The highest BCUT2D eigenvalue weighted by molar-refractivity contribution is 6.09. The molecule has 1 aromatic heterocycles. The van der Waals surface area contributed by atoms with E-state index >= 15 is 0 Å². The normalized spacial score (nSPS) is 17.0. The third kappa shape index (κ3) is 3.39. The van der Waals surface area contributed by atoms with Crippen molar-refractivity contribution in [3.8, 4) is 28.7 Å². The molecule has 1 N–H and O–H groups in total. The number of hydrogen-bond acceptors (Lipinski definition) is 8. The predicted molar refractivity (Wildman–Crippen MR) is 121 cm³/mol. The Kier molecular flexibility index (Phi) is 5.22. The van der Waals surface area contributed by atoms with Crippen LogP contribution in [0.25, 0.3) is 21.7 Å². The van der Waals surface area contributed by atoms with Crippen LogP contribution in [0.4, 0.5) is 0 Å². The Hall–Kier alpha value is -3.91. The maximum Gasteiger partial charge on any atom is 0.344 e. The van der Waals surface area contributed by atoms with Gasteiger partial charge in [0, 0.05) is 28.5 Å². The van der Waals surface area contributed by atoms with Crippen molar-refractivity contribution in [2.24, 2.45) is 0 Å². The summed E-state index contributed by atoms with van der Waals surface area (Å²) in [5.41, 5.74) is 0.654. The summed E-state index contributed by atoms with van der Waals surface area (Å²) in [6, 6.07) is 13.9. The standard InChI is InChI=1S/C25H22O8/c1-28-13-4-6-15-19(10-13)33-25(27)17-8-9-18(24(30-3)22(15)17)32-23-16-7-5-14(29-2)11-20(16)31-21(23)12-26/h4-11,21,23,26H,12H2,1-3H3/t21-,23+/m0/s1. The van der Waals surface area contributed by atoms with E-state index in [1.54, 1.807) is 44.6 Å². The Labute approximate surface area is 188 Å². The second-order valence-electron chi connectivity index (χ2n) is 7.55. The van der Waals surface area contributed by atoms with Crippen molar-refractivity contribution in [2.45, 2.75) is 12.2 Å². The fraction of sp³-hybridized carbons (Fsp3) is 0.240. The van der Waals surface area contributed by atoms with Crippen molar-refractivity contribution in [3.05, 3.63) is 64.5 Å². The zero-order chi connectivity index (χ0) is 23.1. The maximum atomic E-state index is 12.7. The highest BCUT2D eigenvalue weighted by atomic mass is 16.6. The Morgan fingerprint density at radius 3 is 2.36 bits per heavy atom. The van der Waals surface area contributed by atoms with Gasteiger partial charge in [-0.25, -0.2) is 4.79 Å². The summed E-state index contributed by atoms with van der Waals surface area (Å²) < 4.78 is 34.0. The number of ether oxygens (including phenoxy) is 5. The molecule has 2 heterocycles. The van der Waals surface area contributed by atoms with Crippen LogP contribution >= 0.6 is 0 Å². The minimum Gasteiger partial charge on any atom is -0.497 e. The van der Waals surface area contributed by atoms with Crippen LogP contribution < -0.4 is 29.3 Å². The molecule has 33 heavy (non-hydrogen) atoms. The first-order valence-corrected chi connectivity index (χ1v) is 10.3. The molecule has 8 heteroatoms. The van der Waals surface area contributed by atoms with E-state index in [1.807, 2.05) is 18.2 Å². The molecule has 0 fully saturated rings. The largest absolute Gasteiger partial charge is 0.497 e. The molecular formula is C25H22O8. The van der Waals surface area contributed by atoms with Gasteiger partial charge in [-0.3, -0.25) is 0 Å². The summed E-state index contributed by atoms with van der Waals surface area (Å²) in [5.74, 6) is 2.58. The van der Waals surface area contributed by atoms with Crippen LogP contribution in [0.15, 0.2) is 57.7 Å². The SMILES string of the molecule is COc1ccc2c(c1)O[C@@H](CO)[C@@H]2Oc1ccc2c(=O)oc3cc(OC)ccc3c2c1OC. The predicted octanol–water partition coefficient (Wildman–Crippen LogP) is 3.85. The molecule has 1 aliphatic rings. The van der Waals surface area contributed by atoms with Gasteiger partial charge in [-0.05, 0) is 36.4 Å². The van der Waals surface area contributed by atoms with E-state index in [4.69, 9.17) is 28.1 Å². The molecule has 0 unspecified atom stereocenters. The molecule has 0 radical (unpaired) electrons. The molecule has 1 aliphatic heterocycles. The Morgan fingerprint density at radius 2 is 1.64 bits per heavy atom. The van der Waals surface area contributed by atoms with Crippen molar-refractivity contribution in [3.63, 3.8) is 0 Å². The number of aliphatic hydroxyl groups is 1. The van der Waals surface area contributed by atoms with Crippen LogP contribution in [-0.2, 0) is 0 Å². The average Bonchev–Trinajstić information content (AvgIpc) is 3.19. The van der Waals surface area contributed by atoms with E-state index in [0.29, 0.717) is 50.5 Å². The molecule has 0 spiro atoms. The van der Waals surface area contributed by atoms with Crippen LogP contribution in [-0.4, -0.2) is 39.1 Å². The molecule has 0 saturated carbocycles. The Bertz CT molecular complexity index is 1410. The number of hydrogen-bond donors (Lipinski definition) is 1. The van der Waals surface area contributed by atoms with Crippen LogP contribution in [0.5, 0.6) is 28.7 Å². The van der Waals surface area contributed by atoms with Gasteiger partial charge in [-0.2, -0.15) is 0 Å². The van der Waals surface area contributed by atoms with Gasteiger partial charge < -0.3 is 33.2 Å². The molecule has 3 aromatic carbocycles. The van der Waals surface area contributed by atoms with Gasteiger partial charge in [0.25, 0.3) is 0 Å². The zero-order valence-electron chi connectivity index (χ0n) is 18.3. The van der Waals surface area contributed by atoms with Gasteiger partial charge >= 0.3 is 5.63 Å². The van der Waals surface area contributed by atoms with Crippen LogP contribution in [0.3, 0.4) is 0 Å². The smallest absolute Gasteiger partial charge is 0.344 e. The lowest BCUT2D eigenvalue weighted by Crippen LogP contribution is -2.27. The molecule has 0 amide bonds. The number of methoxy groups -OCH3 is 3. The fourth-order valence-electron chi connectivity index (χ4n) is 4.19. The lowest BCUT2D eigenvalue weighted by atomic mass is 10.0. The molecular weight excluding hydrogens is 428 g/mol. The third-order valence-electron chi connectivity index (χ3n) is 5.78. The number of rotatable bonds is 6. The monoisotopic (exact) mass is 450 g/mol. The van der Waals surface area contributed by atoms with Crippen molar-refractivity contribution in [1.82, 2.24) is 0 Å². The molecule has 0 saturated heterocycles. The Morgan fingerprint density at radius 1 is 0.909 bits per heavy atom. The summed E-state index contributed by atoms with van der Waals surface area (Å²) in [7, 11) is 4.63. The van der Waals surface area contributed by atoms with E-state index in [9.17, 15) is 9.90 Å². The van der Waals surface area contributed by atoms with Gasteiger partial charge in [0.2, 0.25) is 0 Å². The minimum atomic E-state index is -0.616. The van der Waals surface area contributed by atoms with Crippen LogP contribution in [0.2, 0.25) is 0 Å². The van der Waals surface area contributed by atoms with E-state index in [0.717, 1.165) is 5.56 Å². The summed E-state index contributed by atoms with van der Waals surface area (Å²) in [4.78, 5) is 12.7. The number of fused-ring (bicyclic) bond motifs is 4. The number of aliphatic hydroxyl groups excluding tert-OH is 1. The topological polar surface area (TPSA) is 96.6 Å². The van der Waals surface area contributed by atoms with E-state index in [-0.39, 0.29) is 6.61 Å². The lowest BCUT2D eigenvalue weighted by Gasteiger charge is -2.21. The molecule has 4 aromatic rings. The molecule has 2 atom stereocenters. The highest BCUT2D eigenvalue weighted by Gasteiger charge is 2.37. The van der Waals surface area contributed by atoms with E-state index in [1.165, 1.54) is 7.11 Å². The van der Waals surface area contributed by atoms with Crippen molar-refractivity contribution in [2.75, 3.05) is 27.9 Å². The van der Waals surface area contributed by atoms with E-state index < -0.39 is 17.8 Å². The van der Waals surface area contributed by atoms with E-state index in [2.05, 4.69) is 0 Å². The van der Waals surface area contributed by atoms with Gasteiger partial charge in [0.05, 0.1) is 33.3 Å². The molecule has 170 valence electrons. The first-order valence-electron chi connectivity index (χ1n) is 10.3. The molecule has 5 rings (SSSR count). The van der Waals surface area contributed by atoms with Crippen molar-refractivity contribution < 1.29 is 33.2 Å². The molecule has 8 nitrogen and oxygen atoms in total. The second kappa shape index (κ2) is 8.22. The van der Waals surface area contributed by atoms with Gasteiger partial charge in [0.15, 0.2) is 23.7 Å². The minimum absolute atomic E-state index is 0.246. The molecule has 0 aliphatic carbocycles. The van der Waals surface area contributed by atoms with Gasteiger partial charge in [-0.1, -0.05) is 0 Å². The number of benzene rings is 3. The summed E-state index contributed by atoms with van der Waals surface area (Å²) in [5, 5.41) is 11.5. The first kappa shape index (κ1) is 21.0. The molecule has 0 bridgehead atoms. The van der Waals surface area contributed by atoms with Gasteiger partial charge in [-0.15, -0.1) is 0 Å². The van der Waals surface area contributed by atoms with Crippen molar-refractivity contribution in [1.29, 1.82) is 0 Å². The lowest BCUT2D eigenvalue weighted by molar-refractivity contribution is 0.0405. The fourth-order valence-corrected chi connectivity index (χ4v) is 4.19. The third-order valence-corrected chi connectivity index (χ3v) is 5.78. The van der Waals surface area contributed by atoms with Crippen LogP contribution in [0, 0.1) is 0 Å². The zero-order valence-corrected chi connectivity index (χ0v) is 18.3. The summed E-state index contributed by atoms with van der Waals surface area (Å²) in [6.45, 7) is -0.246. The average molecular weight is 450 g/mol. The Balaban J connectivity index is 1.66. The first-order chi connectivity index (χ1) is 16.1. The highest BCUT2D eigenvalue weighted by Crippen LogP contribution is 2.45. The quantitative estimate of drug-likeness (QED) is 0.350.